The van der Waals surface area contributed by atoms with E-state index in [9.17, 15) is 0 Å². The summed E-state index contributed by atoms with van der Waals surface area (Å²) < 4.78 is 3.37. The van der Waals surface area contributed by atoms with E-state index in [2.05, 4.69) is 37.7 Å². The van der Waals surface area contributed by atoms with Gasteiger partial charge in [0.15, 0.2) is 0 Å². The van der Waals surface area contributed by atoms with Crippen molar-refractivity contribution in [2.75, 3.05) is 13.1 Å². The van der Waals surface area contributed by atoms with Crippen LogP contribution >= 0.6 is 15.9 Å². The Balaban J connectivity index is 2.22. The van der Waals surface area contributed by atoms with E-state index >= 15 is 0 Å². The lowest BCUT2D eigenvalue weighted by atomic mass is 10.1. The molecule has 72 valence electrons. The Morgan fingerprint density at radius 2 is 2.54 bits per heavy atom. The van der Waals surface area contributed by atoms with Crippen LogP contribution in [0.4, 0.5) is 0 Å². The summed E-state index contributed by atoms with van der Waals surface area (Å²) in [7, 11) is 0. The molecule has 0 saturated carbocycles. The van der Waals surface area contributed by atoms with Crippen LogP contribution in [0.1, 0.15) is 24.7 Å². The van der Waals surface area contributed by atoms with E-state index in [0.717, 1.165) is 23.5 Å². The lowest BCUT2D eigenvalue weighted by Crippen LogP contribution is -2.32. The van der Waals surface area contributed by atoms with Crippen LogP contribution in [0.25, 0.3) is 0 Å². The molecule has 1 aliphatic rings. The summed E-state index contributed by atoms with van der Waals surface area (Å²) in [6, 6.07) is 0.575. The molecule has 0 amide bonds. The van der Waals surface area contributed by atoms with Crippen molar-refractivity contribution >= 4 is 15.9 Å². The number of hydrogen-bond donors (Lipinski definition) is 1. The molecule has 2 rings (SSSR count). The first kappa shape index (κ1) is 9.21. The van der Waals surface area contributed by atoms with Crippen molar-refractivity contribution in [3.05, 3.63) is 16.6 Å². The zero-order chi connectivity index (χ0) is 9.26. The second-order valence-electron chi connectivity index (χ2n) is 3.50. The van der Waals surface area contributed by atoms with Crippen LogP contribution in [0.5, 0.6) is 0 Å². The highest BCUT2D eigenvalue weighted by molar-refractivity contribution is 9.10. The monoisotopic (exact) mass is 243 g/mol. The third kappa shape index (κ3) is 1.79. The molecule has 0 aliphatic carbocycles. The van der Waals surface area contributed by atoms with Gasteiger partial charge in [-0.25, -0.2) is 4.98 Å². The Hall–Kier alpha value is -0.350. The van der Waals surface area contributed by atoms with Gasteiger partial charge in [-0.2, -0.15) is 0 Å². The Morgan fingerprint density at radius 3 is 3.08 bits per heavy atom. The topological polar surface area (TPSA) is 29.9 Å². The van der Waals surface area contributed by atoms with Crippen LogP contribution in [0.2, 0.25) is 0 Å². The molecule has 1 aromatic heterocycles. The second kappa shape index (κ2) is 3.80. The number of halogens is 1. The zero-order valence-corrected chi connectivity index (χ0v) is 9.34. The van der Waals surface area contributed by atoms with Gasteiger partial charge >= 0.3 is 0 Å². The van der Waals surface area contributed by atoms with Crippen molar-refractivity contribution in [1.29, 1.82) is 0 Å². The average Bonchev–Trinajstić information content (AvgIpc) is 2.48. The van der Waals surface area contributed by atoms with Crippen molar-refractivity contribution in [2.24, 2.45) is 0 Å². The van der Waals surface area contributed by atoms with Crippen LogP contribution in [-0.4, -0.2) is 22.6 Å². The molecular formula is C9H14BrN3. The highest BCUT2D eigenvalue weighted by Gasteiger charge is 2.18. The molecule has 0 spiro atoms. The number of rotatable bonds is 1. The highest BCUT2D eigenvalue weighted by Crippen LogP contribution is 2.23. The normalized spacial score (nSPS) is 23.4. The van der Waals surface area contributed by atoms with E-state index in [-0.39, 0.29) is 0 Å². The average molecular weight is 244 g/mol. The maximum absolute atomic E-state index is 4.28. The van der Waals surface area contributed by atoms with E-state index < -0.39 is 0 Å². The van der Waals surface area contributed by atoms with Crippen molar-refractivity contribution in [3.63, 3.8) is 0 Å². The molecule has 1 aromatic rings. The largest absolute Gasteiger partial charge is 0.319 e. The van der Waals surface area contributed by atoms with Gasteiger partial charge in [0.05, 0.1) is 6.20 Å². The summed E-state index contributed by atoms with van der Waals surface area (Å²) in [6.45, 7) is 4.27. The number of nitrogens with one attached hydrogen (secondary N) is 1. The van der Waals surface area contributed by atoms with Crippen LogP contribution in [-0.2, 0) is 0 Å². The molecular weight excluding hydrogens is 230 g/mol. The molecule has 0 radical (unpaired) electrons. The maximum Gasteiger partial charge on any atom is 0.106 e. The number of nitrogens with zero attached hydrogens (tertiary/aromatic N) is 2. The molecule has 4 heteroatoms. The van der Waals surface area contributed by atoms with E-state index in [1.54, 1.807) is 0 Å². The molecule has 1 unspecified atom stereocenters. The fraction of sp³-hybridized carbons (Fsp3) is 0.667. The first-order valence-electron chi connectivity index (χ1n) is 4.69. The van der Waals surface area contributed by atoms with Gasteiger partial charge in [-0.05, 0) is 42.2 Å². The first-order valence-corrected chi connectivity index (χ1v) is 5.48. The summed E-state index contributed by atoms with van der Waals surface area (Å²) in [5.74, 6) is 1.10. The Kier molecular flexibility index (Phi) is 2.69. The SMILES string of the molecule is Cc1ncc(Br)n1C1CCCNC1. The smallest absolute Gasteiger partial charge is 0.106 e. The van der Waals surface area contributed by atoms with Crippen LogP contribution < -0.4 is 5.32 Å². The van der Waals surface area contributed by atoms with E-state index in [1.807, 2.05) is 6.20 Å². The number of imidazole rings is 1. The second-order valence-corrected chi connectivity index (χ2v) is 4.31. The van der Waals surface area contributed by atoms with Gasteiger partial charge in [-0.1, -0.05) is 0 Å². The highest BCUT2D eigenvalue weighted by atomic mass is 79.9. The van der Waals surface area contributed by atoms with Gasteiger partial charge in [0.1, 0.15) is 10.4 Å². The Morgan fingerprint density at radius 1 is 1.69 bits per heavy atom. The van der Waals surface area contributed by atoms with Gasteiger partial charge in [0.25, 0.3) is 0 Å². The molecule has 1 N–H and O–H groups in total. The number of hydrogen-bond acceptors (Lipinski definition) is 2. The molecule has 13 heavy (non-hydrogen) atoms. The maximum atomic E-state index is 4.28. The Bertz CT molecular complexity index is 270. The molecule has 0 aromatic carbocycles. The third-order valence-electron chi connectivity index (χ3n) is 2.57. The molecule has 1 fully saturated rings. The number of aryl methyl sites for hydroxylation is 1. The van der Waals surface area contributed by atoms with Gasteiger partial charge < -0.3 is 9.88 Å². The number of aromatic nitrogens is 2. The minimum Gasteiger partial charge on any atom is -0.319 e. The summed E-state index contributed by atoms with van der Waals surface area (Å²) in [6.07, 6.45) is 4.39. The predicted octanol–water partition coefficient (Wildman–Crippen LogP) is 1.88. The minimum absolute atomic E-state index is 0.575. The van der Waals surface area contributed by atoms with Gasteiger partial charge in [0.2, 0.25) is 0 Å². The summed E-state index contributed by atoms with van der Waals surface area (Å²) in [4.78, 5) is 4.28. The third-order valence-corrected chi connectivity index (χ3v) is 3.16. The van der Waals surface area contributed by atoms with E-state index in [0.29, 0.717) is 6.04 Å². The van der Waals surface area contributed by atoms with Gasteiger partial charge in [-0.3, -0.25) is 0 Å². The van der Waals surface area contributed by atoms with Crippen LogP contribution in [0, 0.1) is 6.92 Å². The first-order chi connectivity index (χ1) is 6.29. The summed E-state index contributed by atoms with van der Waals surface area (Å²) >= 11 is 3.53. The van der Waals surface area contributed by atoms with Crippen LogP contribution in [0.3, 0.4) is 0 Å². The van der Waals surface area contributed by atoms with Crippen molar-refractivity contribution in [3.8, 4) is 0 Å². The fourth-order valence-corrected chi connectivity index (χ4v) is 2.57. The lowest BCUT2D eigenvalue weighted by Gasteiger charge is -2.25. The van der Waals surface area contributed by atoms with Gasteiger partial charge in [-0.15, -0.1) is 0 Å². The summed E-state index contributed by atoms with van der Waals surface area (Å²) in [5.41, 5.74) is 0. The molecule has 0 bridgehead atoms. The van der Waals surface area contributed by atoms with Crippen LogP contribution in [0.15, 0.2) is 10.8 Å². The minimum atomic E-state index is 0.575. The fourth-order valence-electron chi connectivity index (χ4n) is 1.92. The summed E-state index contributed by atoms with van der Waals surface area (Å²) in [5, 5.41) is 3.41. The van der Waals surface area contributed by atoms with Gasteiger partial charge in [0, 0.05) is 12.6 Å². The zero-order valence-electron chi connectivity index (χ0n) is 7.76. The molecule has 3 nitrogen and oxygen atoms in total. The molecule has 2 heterocycles. The predicted molar refractivity (Wildman–Crippen MR) is 55.8 cm³/mol. The van der Waals surface area contributed by atoms with E-state index in [1.165, 1.54) is 12.8 Å². The standard InChI is InChI=1S/C9H14BrN3/c1-7-12-6-9(10)13(7)8-3-2-4-11-5-8/h6,8,11H,2-5H2,1H3. The van der Waals surface area contributed by atoms with Crippen molar-refractivity contribution in [2.45, 2.75) is 25.8 Å². The van der Waals surface area contributed by atoms with Crippen molar-refractivity contribution < 1.29 is 0 Å². The quantitative estimate of drug-likeness (QED) is 0.817. The molecule has 1 saturated heterocycles. The molecule has 1 aliphatic heterocycles. The lowest BCUT2D eigenvalue weighted by molar-refractivity contribution is 0.362. The van der Waals surface area contributed by atoms with E-state index in [4.69, 9.17) is 0 Å². The molecule has 1 atom stereocenters. The number of piperidine rings is 1. The Labute approximate surface area is 86.7 Å². The van der Waals surface area contributed by atoms with Crippen molar-refractivity contribution in [1.82, 2.24) is 14.9 Å².